The number of sulfone groups is 1. The first-order chi connectivity index (χ1) is 8.80. The standard InChI is InChI=1S/C12H23N3O3S/c1-10-7-15(5-6-18-10)11(13)14-8-12(3-4-12)9-19(2,16)17/h10H,3-9H2,1-2H3,(H2,13,14). The van der Waals surface area contributed by atoms with Gasteiger partial charge in [0.05, 0.1) is 18.5 Å². The summed E-state index contributed by atoms with van der Waals surface area (Å²) in [6, 6.07) is 0. The third-order valence-electron chi connectivity index (χ3n) is 3.67. The molecule has 0 radical (unpaired) electrons. The summed E-state index contributed by atoms with van der Waals surface area (Å²) < 4.78 is 28.2. The molecule has 1 saturated carbocycles. The molecule has 1 heterocycles. The van der Waals surface area contributed by atoms with Gasteiger partial charge in [-0.15, -0.1) is 0 Å². The average molecular weight is 289 g/mol. The Hall–Kier alpha value is -0.820. The van der Waals surface area contributed by atoms with Crippen LogP contribution in [-0.2, 0) is 14.6 Å². The van der Waals surface area contributed by atoms with E-state index >= 15 is 0 Å². The lowest BCUT2D eigenvalue weighted by atomic mass is 10.1. The molecule has 0 amide bonds. The van der Waals surface area contributed by atoms with E-state index < -0.39 is 9.84 Å². The monoisotopic (exact) mass is 289 g/mol. The summed E-state index contributed by atoms with van der Waals surface area (Å²) in [4.78, 5) is 6.41. The molecule has 6 nitrogen and oxygen atoms in total. The van der Waals surface area contributed by atoms with Gasteiger partial charge < -0.3 is 15.4 Å². The molecule has 1 aliphatic carbocycles. The summed E-state index contributed by atoms with van der Waals surface area (Å²) in [5.41, 5.74) is 5.82. The van der Waals surface area contributed by atoms with Crippen LogP contribution >= 0.6 is 0 Å². The molecule has 2 fully saturated rings. The Labute approximate surface area is 114 Å². The topological polar surface area (TPSA) is 85.0 Å². The van der Waals surface area contributed by atoms with E-state index in [1.54, 1.807) is 0 Å². The summed E-state index contributed by atoms with van der Waals surface area (Å²) >= 11 is 0. The number of ether oxygens (including phenoxy) is 1. The number of hydrogen-bond acceptors (Lipinski definition) is 4. The highest BCUT2D eigenvalue weighted by molar-refractivity contribution is 7.90. The fourth-order valence-corrected chi connectivity index (χ4v) is 3.95. The Balaban J connectivity index is 1.91. The first-order valence-corrected chi connectivity index (χ1v) is 8.70. The summed E-state index contributed by atoms with van der Waals surface area (Å²) in [5.74, 6) is 0.728. The van der Waals surface area contributed by atoms with Crippen molar-refractivity contribution in [2.24, 2.45) is 16.1 Å². The Morgan fingerprint density at radius 3 is 2.74 bits per heavy atom. The smallest absolute Gasteiger partial charge is 0.191 e. The lowest BCUT2D eigenvalue weighted by Gasteiger charge is -2.32. The number of guanidine groups is 1. The van der Waals surface area contributed by atoms with Gasteiger partial charge in [0.15, 0.2) is 5.96 Å². The van der Waals surface area contributed by atoms with Gasteiger partial charge in [-0.05, 0) is 19.8 Å². The Kier molecular flexibility index (Phi) is 4.06. The maximum absolute atomic E-state index is 11.4. The van der Waals surface area contributed by atoms with Crippen LogP contribution in [0, 0.1) is 5.41 Å². The van der Waals surface area contributed by atoms with Gasteiger partial charge in [0, 0.05) is 31.3 Å². The van der Waals surface area contributed by atoms with Gasteiger partial charge in [-0.25, -0.2) is 8.42 Å². The van der Waals surface area contributed by atoms with Gasteiger partial charge >= 0.3 is 0 Å². The van der Waals surface area contributed by atoms with E-state index in [1.807, 2.05) is 11.8 Å². The van der Waals surface area contributed by atoms with Gasteiger partial charge in [-0.3, -0.25) is 4.99 Å². The number of hydrogen-bond donors (Lipinski definition) is 1. The van der Waals surface area contributed by atoms with Gasteiger partial charge in [0.2, 0.25) is 0 Å². The molecule has 2 aliphatic rings. The molecule has 0 bridgehead atoms. The van der Waals surface area contributed by atoms with E-state index in [0.29, 0.717) is 19.1 Å². The minimum atomic E-state index is -2.94. The molecule has 1 atom stereocenters. The molecule has 19 heavy (non-hydrogen) atoms. The van der Waals surface area contributed by atoms with E-state index in [-0.39, 0.29) is 17.3 Å². The zero-order chi connectivity index (χ0) is 14.1. The summed E-state index contributed by atoms with van der Waals surface area (Å²) in [6.07, 6.45) is 3.30. The quantitative estimate of drug-likeness (QED) is 0.574. The summed E-state index contributed by atoms with van der Waals surface area (Å²) in [6.45, 7) is 4.67. The van der Waals surface area contributed by atoms with Crippen LogP contribution in [0.15, 0.2) is 4.99 Å². The predicted molar refractivity (Wildman–Crippen MR) is 74.9 cm³/mol. The van der Waals surface area contributed by atoms with Crippen molar-refractivity contribution in [1.29, 1.82) is 0 Å². The fraction of sp³-hybridized carbons (Fsp3) is 0.917. The average Bonchev–Trinajstić information content (AvgIpc) is 3.04. The van der Waals surface area contributed by atoms with Crippen LogP contribution in [0.1, 0.15) is 19.8 Å². The van der Waals surface area contributed by atoms with Crippen LogP contribution in [0.3, 0.4) is 0 Å². The molecule has 2 N–H and O–H groups in total. The van der Waals surface area contributed by atoms with E-state index in [9.17, 15) is 8.42 Å². The Morgan fingerprint density at radius 2 is 2.21 bits per heavy atom. The van der Waals surface area contributed by atoms with Crippen molar-refractivity contribution in [3.63, 3.8) is 0 Å². The third-order valence-corrected chi connectivity index (χ3v) is 4.80. The van der Waals surface area contributed by atoms with Crippen LogP contribution in [0.5, 0.6) is 0 Å². The van der Waals surface area contributed by atoms with Crippen LogP contribution in [0.4, 0.5) is 0 Å². The molecule has 0 aromatic heterocycles. The minimum absolute atomic E-state index is 0.157. The fourth-order valence-electron chi connectivity index (χ4n) is 2.46. The summed E-state index contributed by atoms with van der Waals surface area (Å²) in [5, 5.41) is 0. The summed E-state index contributed by atoms with van der Waals surface area (Å²) in [7, 11) is -2.94. The second kappa shape index (κ2) is 5.28. The highest BCUT2D eigenvalue weighted by Crippen LogP contribution is 2.46. The van der Waals surface area contributed by atoms with E-state index in [4.69, 9.17) is 10.5 Å². The number of aliphatic imine (C=N–C) groups is 1. The second-order valence-corrected chi connectivity index (χ2v) is 8.01. The second-order valence-electron chi connectivity index (χ2n) is 5.87. The zero-order valence-electron chi connectivity index (χ0n) is 11.6. The highest BCUT2D eigenvalue weighted by atomic mass is 32.2. The largest absolute Gasteiger partial charge is 0.375 e. The van der Waals surface area contributed by atoms with Crippen molar-refractivity contribution in [2.75, 3.05) is 38.2 Å². The molecule has 110 valence electrons. The van der Waals surface area contributed by atoms with Crippen molar-refractivity contribution in [1.82, 2.24) is 4.90 Å². The Morgan fingerprint density at radius 1 is 1.53 bits per heavy atom. The number of rotatable bonds is 4. The maximum Gasteiger partial charge on any atom is 0.191 e. The zero-order valence-corrected chi connectivity index (χ0v) is 12.4. The van der Waals surface area contributed by atoms with E-state index in [0.717, 1.165) is 25.9 Å². The van der Waals surface area contributed by atoms with E-state index in [1.165, 1.54) is 6.26 Å². The molecule has 1 saturated heterocycles. The van der Waals surface area contributed by atoms with Crippen molar-refractivity contribution < 1.29 is 13.2 Å². The predicted octanol–water partition coefficient (Wildman–Crippen LogP) is -0.153. The van der Waals surface area contributed by atoms with Crippen LogP contribution in [-0.4, -0.2) is 63.6 Å². The highest BCUT2D eigenvalue weighted by Gasteiger charge is 2.45. The first kappa shape index (κ1) is 14.6. The van der Waals surface area contributed by atoms with Gasteiger partial charge in [0.25, 0.3) is 0 Å². The van der Waals surface area contributed by atoms with Gasteiger partial charge in [-0.1, -0.05) is 0 Å². The van der Waals surface area contributed by atoms with Crippen LogP contribution in [0.25, 0.3) is 0 Å². The molecule has 1 unspecified atom stereocenters. The SMILES string of the molecule is CC1CN(C(N)=NCC2(CS(C)(=O)=O)CC2)CCO1. The van der Waals surface area contributed by atoms with Crippen molar-refractivity contribution >= 4 is 15.8 Å². The van der Waals surface area contributed by atoms with Crippen molar-refractivity contribution in [2.45, 2.75) is 25.9 Å². The normalized spacial score (nSPS) is 27.4. The van der Waals surface area contributed by atoms with Gasteiger partial charge in [-0.2, -0.15) is 0 Å². The van der Waals surface area contributed by atoms with Crippen LogP contribution < -0.4 is 5.73 Å². The minimum Gasteiger partial charge on any atom is -0.375 e. The lowest BCUT2D eigenvalue weighted by Crippen LogP contribution is -2.48. The Bertz CT molecular complexity index is 457. The molecular weight excluding hydrogens is 266 g/mol. The molecule has 0 aromatic carbocycles. The molecule has 1 aliphatic heterocycles. The third kappa shape index (κ3) is 4.35. The number of nitrogens with two attached hydrogens (primary N) is 1. The molecule has 0 spiro atoms. The van der Waals surface area contributed by atoms with Crippen molar-refractivity contribution in [3.05, 3.63) is 0 Å². The lowest BCUT2D eigenvalue weighted by molar-refractivity contribution is 0.00527. The van der Waals surface area contributed by atoms with E-state index in [2.05, 4.69) is 4.99 Å². The molecule has 7 heteroatoms. The number of nitrogens with zero attached hydrogens (tertiary/aromatic N) is 2. The van der Waals surface area contributed by atoms with Gasteiger partial charge in [0.1, 0.15) is 9.84 Å². The maximum atomic E-state index is 11.4. The first-order valence-electron chi connectivity index (χ1n) is 6.64. The molecule has 2 rings (SSSR count). The molecular formula is C12H23N3O3S. The number of morpholine rings is 1. The molecule has 0 aromatic rings. The van der Waals surface area contributed by atoms with Crippen molar-refractivity contribution in [3.8, 4) is 0 Å². The van der Waals surface area contributed by atoms with Crippen LogP contribution in [0.2, 0.25) is 0 Å².